The molecule has 0 radical (unpaired) electrons. The monoisotopic (exact) mass is 392 g/mol. The Hall–Kier alpha value is -0.221. The van der Waals surface area contributed by atoms with E-state index in [1.54, 1.807) is 0 Å². The number of aromatic nitrogens is 2. The normalized spacial score (nSPS) is 10.3. The Labute approximate surface area is 111 Å². The molecule has 15 heavy (non-hydrogen) atoms. The first-order valence-electron chi connectivity index (χ1n) is 4.15. The van der Waals surface area contributed by atoms with E-state index in [1.165, 1.54) is 8.92 Å². The van der Waals surface area contributed by atoms with Crippen LogP contribution in [0.5, 0.6) is 0 Å². The van der Waals surface area contributed by atoms with Gasteiger partial charge in [0.2, 0.25) is 0 Å². The van der Waals surface area contributed by atoms with Gasteiger partial charge in [0.25, 0.3) is 0 Å². The summed E-state index contributed by atoms with van der Waals surface area (Å²) in [6.07, 6.45) is 3.79. The summed E-state index contributed by atoms with van der Waals surface area (Å²) in [7, 11) is 0. The summed E-state index contributed by atoms with van der Waals surface area (Å²) in [4.78, 5) is 8.39. The van der Waals surface area contributed by atoms with Gasteiger partial charge in [-0.3, -0.25) is 0 Å². The molecule has 0 aliphatic rings. The average molecular weight is 393 g/mol. The molecule has 0 amide bonds. The van der Waals surface area contributed by atoms with Crippen LogP contribution in [0, 0.1) is 0 Å². The van der Waals surface area contributed by atoms with Crippen LogP contribution in [0.2, 0.25) is 0 Å². The third-order valence-corrected chi connectivity index (χ3v) is 4.58. The van der Waals surface area contributed by atoms with Crippen molar-refractivity contribution in [3.8, 4) is 0 Å². The van der Waals surface area contributed by atoms with Gasteiger partial charge in [-0.15, -0.1) is 0 Å². The van der Waals surface area contributed by atoms with Gasteiger partial charge >= 0.3 is 112 Å². The standard InChI is InChI=1S/C10H6Br2N2Se/c11-9-3-1-7(5-13-9)15-8-2-4-10(12)14-6-8/h1-6H. The van der Waals surface area contributed by atoms with E-state index in [-0.39, 0.29) is 15.0 Å². The van der Waals surface area contributed by atoms with Crippen molar-refractivity contribution in [3.05, 3.63) is 45.9 Å². The van der Waals surface area contributed by atoms with Gasteiger partial charge in [-0.1, -0.05) is 0 Å². The third-order valence-electron chi connectivity index (χ3n) is 1.64. The Morgan fingerprint density at radius 3 is 1.60 bits per heavy atom. The zero-order valence-electron chi connectivity index (χ0n) is 7.52. The summed E-state index contributed by atoms with van der Waals surface area (Å²) < 4.78 is 4.23. The van der Waals surface area contributed by atoms with Crippen molar-refractivity contribution in [2.24, 2.45) is 0 Å². The van der Waals surface area contributed by atoms with Gasteiger partial charge < -0.3 is 0 Å². The second kappa shape index (κ2) is 5.21. The van der Waals surface area contributed by atoms with Gasteiger partial charge in [0, 0.05) is 0 Å². The van der Waals surface area contributed by atoms with E-state index in [4.69, 9.17) is 0 Å². The van der Waals surface area contributed by atoms with Crippen LogP contribution in [-0.4, -0.2) is 24.9 Å². The summed E-state index contributed by atoms with van der Waals surface area (Å²) in [5.41, 5.74) is 0. The molecule has 76 valence electrons. The summed E-state index contributed by atoms with van der Waals surface area (Å²) in [5.74, 6) is 0. The van der Waals surface area contributed by atoms with Crippen LogP contribution in [0.25, 0.3) is 0 Å². The summed E-state index contributed by atoms with van der Waals surface area (Å²) >= 11 is 6.91. The quantitative estimate of drug-likeness (QED) is 0.573. The Balaban J connectivity index is 2.15. The Bertz CT molecular complexity index is 398. The second-order valence-corrected chi connectivity index (χ2v) is 6.77. The van der Waals surface area contributed by atoms with Gasteiger partial charge in [0.05, 0.1) is 0 Å². The van der Waals surface area contributed by atoms with Crippen LogP contribution in [0.1, 0.15) is 0 Å². The molecule has 0 bridgehead atoms. The van der Waals surface area contributed by atoms with Crippen LogP contribution >= 0.6 is 31.9 Å². The molecule has 0 aromatic carbocycles. The van der Waals surface area contributed by atoms with Gasteiger partial charge in [-0.25, -0.2) is 0 Å². The average Bonchev–Trinajstić information content (AvgIpc) is 2.25. The van der Waals surface area contributed by atoms with Gasteiger partial charge in [0.15, 0.2) is 0 Å². The molecule has 0 spiro atoms. The molecule has 5 heteroatoms. The molecular formula is C10H6Br2N2Se. The zero-order chi connectivity index (χ0) is 10.7. The number of hydrogen-bond acceptors (Lipinski definition) is 2. The predicted octanol–water partition coefficient (Wildman–Crippen LogP) is 1.66. The molecule has 0 aliphatic heterocycles. The Morgan fingerprint density at radius 1 is 0.800 bits per heavy atom. The van der Waals surface area contributed by atoms with Crippen molar-refractivity contribution >= 4 is 55.7 Å². The molecule has 2 nitrogen and oxygen atoms in total. The van der Waals surface area contributed by atoms with Crippen molar-refractivity contribution in [1.29, 1.82) is 0 Å². The summed E-state index contributed by atoms with van der Waals surface area (Å²) in [5, 5.41) is 0. The minimum atomic E-state index is 0.279. The SMILES string of the molecule is Brc1ccc([Se]c2ccc(Br)nc2)cn1. The van der Waals surface area contributed by atoms with E-state index in [0.717, 1.165) is 9.21 Å². The van der Waals surface area contributed by atoms with Gasteiger partial charge in [-0.05, 0) is 0 Å². The first kappa shape index (κ1) is 11.3. The molecule has 0 saturated carbocycles. The molecule has 0 N–H and O–H groups in total. The van der Waals surface area contributed by atoms with E-state index in [0.29, 0.717) is 0 Å². The topological polar surface area (TPSA) is 25.8 Å². The van der Waals surface area contributed by atoms with Crippen molar-refractivity contribution < 1.29 is 0 Å². The van der Waals surface area contributed by atoms with Crippen LogP contribution < -0.4 is 8.92 Å². The van der Waals surface area contributed by atoms with Crippen molar-refractivity contribution in [1.82, 2.24) is 9.97 Å². The van der Waals surface area contributed by atoms with E-state index >= 15 is 0 Å². The van der Waals surface area contributed by atoms with E-state index < -0.39 is 0 Å². The van der Waals surface area contributed by atoms with Crippen molar-refractivity contribution in [2.75, 3.05) is 0 Å². The molecule has 0 saturated heterocycles. The molecule has 0 unspecified atom stereocenters. The molecule has 2 rings (SSSR count). The fraction of sp³-hybridized carbons (Fsp3) is 0. The molecular weight excluding hydrogens is 387 g/mol. The molecule has 0 aliphatic carbocycles. The number of rotatable bonds is 2. The van der Waals surface area contributed by atoms with E-state index in [9.17, 15) is 0 Å². The van der Waals surface area contributed by atoms with Crippen LogP contribution in [-0.2, 0) is 0 Å². The first-order valence-corrected chi connectivity index (χ1v) is 7.45. The predicted molar refractivity (Wildman–Crippen MR) is 68.9 cm³/mol. The molecule has 2 aromatic heterocycles. The van der Waals surface area contributed by atoms with Crippen molar-refractivity contribution in [3.63, 3.8) is 0 Å². The fourth-order valence-corrected chi connectivity index (χ4v) is 3.03. The summed E-state index contributed by atoms with van der Waals surface area (Å²) in [6.45, 7) is 0. The van der Waals surface area contributed by atoms with Crippen LogP contribution in [0.15, 0.2) is 45.9 Å². The van der Waals surface area contributed by atoms with Gasteiger partial charge in [-0.2, -0.15) is 0 Å². The van der Waals surface area contributed by atoms with Crippen molar-refractivity contribution in [2.45, 2.75) is 0 Å². The minimum absolute atomic E-state index is 0.279. The fourth-order valence-electron chi connectivity index (χ4n) is 0.981. The van der Waals surface area contributed by atoms with Crippen LogP contribution in [0.4, 0.5) is 0 Å². The summed E-state index contributed by atoms with van der Waals surface area (Å²) in [6, 6.07) is 8.09. The maximum absolute atomic E-state index is 4.20. The number of halogens is 2. The second-order valence-electron chi connectivity index (χ2n) is 2.74. The van der Waals surface area contributed by atoms with Gasteiger partial charge in [0.1, 0.15) is 0 Å². The number of nitrogens with zero attached hydrogens (tertiary/aromatic N) is 2. The Morgan fingerprint density at radius 2 is 1.27 bits per heavy atom. The van der Waals surface area contributed by atoms with E-state index in [2.05, 4.69) is 54.0 Å². The zero-order valence-corrected chi connectivity index (χ0v) is 12.4. The van der Waals surface area contributed by atoms with E-state index in [1.807, 2.05) is 24.5 Å². The third kappa shape index (κ3) is 3.38. The maximum atomic E-state index is 4.20. The number of hydrogen-bond donors (Lipinski definition) is 0. The first-order chi connectivity index (χ1) is 7.24. The van der Waals surface area contributed by atoms with Crippen LogP contribution in [0.3, 0.4) is 0 Å². The Kier molecular flexibility index (Phi) is 3.92. The number of pyridine rings is 2. The molecule has 0 atom stereocenters. The molecule has 2 heterocycles. The molecule has 0 fully saturated rings. The molecule has 2 aromatic rings.